The molecule has 90 valence electrons. The molecule has 0 unspecified atom stereocenters. The molecule has 0 fully saturated rings. The number of hydrogen-bond acceptors (Lipinski definition) is 1. The lowest BCUT2D eigenvalue weighted by Crippen LogP contribution is -2.11. The minimum Gasteiger partial charge on any atom is -0.341 e. The summed E-state index contributed by atoms with van der Waals surface area (Å²) in [7, 11) is 0. The number of unbranched alkanes of at least 4 members (excludes halogenated alkanes) is 2. The number of nitrogens with one attached hydrogen (secondary N) is 2. The molecule has 0 atom stereocenters. The van der Waals surface area contributed by atoms with Crippen molar-refractivity contribution >= 4 is 22.6 Å². The third-order valence-corrected chi connectivity index (χ3v) is 2.81. The Hall–Kier alpha value is -1.77. The summed E-state index contributed by atoms with van der Waals surface area (Å²) in [5.41, 5.74) is 1.05. The molecule has 1 heterocycles. The fourth-order valence-corrected chi connectivity index (χ4v) is 1.89. The van der Waals surface area contributed by atoms with Gasteiger partial charge in [-0.2, -0.15) is 0 Å². The maximum atomic E-state index is 11.6. The Morgan fingerprint density at radius 2 is 2.12 bits per heavy atom. The van der Waals surface area contributed by atoms with Crippen molar-refractivity contribution in [2.75, 3.05) is 5.32 Å². The molecule has 0 radical (unpaired) electrons. The van der Waals surface area contributed by atoms with Crippen LogP contribution in [0.1, 0.15) is 32.6 Å². The number of carbonyl (C=O) groups is 1. The standard InChI is InChI=1S/C14H18N2O/c1-2-3-4-9-14(17)16-13-10-11-7-5-6-8-12(11)15-13/h5-8,10,15H,2-4,9H2,1H3,(H,16,17). The van der Waals surface area contributed by atoms with Crippen LogP contribution in [0.3, 0.4) is 0 Å². The van der Waals surface area contributed by atoms with Crippen LogP contribution >= 0.6 is 0 Å². The molecule has 1 aromatic carbocycles. The summed E-state index contributed by atoms with van der Waals surface area (Å²) in [6.07, 6.45) is 3.81. The Balaban J connectivity index is 1.96. The van der Waals surface area contributed by atoms with E-state index in [9.17, 15) is 4.79 Å². The normalized spacial score (nSPS) is 10.6. The quantitative estimate of drug-likeness (QED) is 0.756. The molecule has 2 aromatic rings. The predicted octanol–water partition coefficient (Wildman–Crippen LogP) is 3.69. The maximum Gasteiger partial charge on any atom is 0.225 e. The molecule has 17 heavy (non-hydrogen) atoms. The highest BCUT2D eigenvalue weighted by Crippen LogP contribution is 2.18. The number of benzene rings is 1. The average Bonchev–Trinajstić information content (AvgIpc) is 2.71. The van der Waals surface area contributed by atoms with Gasteiger partial charge in [0.25, 0.3) is 0 Å². The van der Waals surface area contributed by atoms with E-state index in [1.165, 1.54) is 0 Å². The first-order valence-electron chi connectivity index (χ1n) is 6.17. The first-order chi connectivity index (χ1) is 8.29. The Morgan fingerprint density at radius 1 is 1.29 bits per heavy atom. The zero-order valence-corrected chi connectivity index (χ0v) is 10.1. The predicted molar refractivity (Wildman–Crippen MR) is 71.1 cm³/mol. The van der Waals surface area contributed by atoms with Crippen molar-refractivity contribution in [2.24, 2.45) is 0 Å². The molecule has 2 rings (SSSR count). The van der Waals surface area contributed by atoms with E-state index >= 15 is 0 Å². The largest absolute Gasteiger partial charge is 0.341 e. The van der Waals surface area contributed by atoms with Gasteiger partial charge in [0.15, 0.2) is 0 Å². The van der Waals surface area contributed by atoms with E-state index in [-0.39, 0.29) is 5.91 Å². The SMILES string of the molecule is CCCCCC(=O)Nc1cc2ccccc2[nH]1. The summed E-state index contributed by atoms with van der Waals surface area (Å²) in [5.74, 6) is 0.873. The molecule has 0 spiro atoms. The number of rotatable bonds is 5. The topological polar surface area (TPSA) is 44.9 Å². The van der Waals surface area contributed by atoms with Crippen molar-refractivity contribution in [2.45, 2.75) is 32.6 Å². The molecule has 0 aliphatic rings. The van der Waals surface area contributed by atoms with Crippen molar-refractivity contribution < 1.29 is 4.79 Å². The monoisotopic (exact) mass is 230 g/mol. The number of H-pyrrole nitrogens is 1. The average molecular weight is 230 g/mol. The second-order valence-electron chi connectivity index (χ2n) is 4.28. The lowest BCUT2D eigenvalue weighted by molar-refractivity contribution is -0.116. The third kappa shape index (κ3) is 3.09. The van der Waals surface area contributed by atoms with Gasteiger partial charge in [-0.05, 0) is 18.6 Å². The molecule has 3 nitrogen and oxygen atoms in total. The van der Waals surface area contributed by atoms with E-state index in [0.717, 1.165) is 36.0 Å². The summed E-state index contributed by atoms with van der Waals surface area (Å²) in [4.78, 5) is 14.8. The summed E-state index contributed by atoms with van der Waals surface area (Å²) in [5, 5.41) is 4.02. The van der Waals surface area contributed by atoms with Crippen molar-refractivity contribution in [1.29, 1.82) is 0 Å². The lowest BCUT2D eigenvalue weighted by atomic mass is 10.2. The molecular weight excluding hydrogens is 212 g/mol. The van der Waals surface area contributed by atoms with Gasteiger partial charge in [0.05, 0.1) is 0 Å². The number of hydrogen-bond donors (Lipinski definition) is 2. The number of para-hydroxylation sites is 1. The highest BCUT2D eigenvalue weighted by atomic mass is 16.1. The second kappa shape index (κ2) is 5.53. The van der Waals surface area contributed by atoms with Gasteiger partial charge in [0, 0.05) is 17.3 Å². The van der Waals surface area contributed by atoms with E-state index in [2.05, 4.69) is 17.2 Å². The molecule has 1 amide bonds. The molecule has 2 N–H and O–H groups in total. The van der Waals surface area contributed by atoms with Gasteiger partial charge in [-0.25, -0.2) is 0 Å². The third-order valence-electron chi connectivity index (χ3n) is 2.81. The first kappa shape index (κ1) is 11.7. The van der Waals surface area contributed by atoms with Crippen LogP contribution in [0.25, 0.3) is 10.9 Å². The Labute approximate surface area is 101 Å². The van der Waals surface area contributed by atoms with Gasteiger partial charge >= 0.3 is 0 Å². The van der Waals surface area contributed by atoms with E-state index in [1.807, 2.05) is 30.3 Å². The first-order valence-corrected chi connectivity index (χ1v) is 6.17. The number of amides is 1. The van der Waals surface area contributed by atoms with E-state index < -0.39 is 0 Å². The molecule has 0 saturated carbocycles. The van der Waals surface area contributed by atoms with Crippen LogP contribution in [-0.4, -0.2) is 10.9 Å². The van der Waals surface area contributed by atoms with Crippen LogP contribution in [0.4, 0.5) is 5.82 Å². The van der Waals surface area contributed by atoms with Crippen LogP contribution in [0.5, 0.6) is 0 Å². The smallest absolute Gasteiger partial charge is 0.225 e. The summed E-state index contributed by atoms with van der Waals surface area (Å²) >= 11 is 0. The number of carbonyl (C=O) groups excluding carboxylic acids is 1. The molecule has 3 heteroatoms. The fraction of sp³-hybridized carbons (Fsp3) is 0.357. The van der Waals surface area contributed by atoms with Crippen molar-refractivity contribution in [3.63, 3.8) is 0 Å². The van der Waals surface area contributed by atoms with Gasteiger partial charge in [0.2, 0.25) is 5.91 Å². The molecule has 0 aliphatic carbocycles. The minimum absolute atomic E-state index is 0.0880. The second-order valence-corrected chi connectivity index (χ2v) is 4.28. The molecular formula is C14H18N2O. The van der Waals surface area contributed by atoms with Crippen molar-refractivity contribution in [1.82, 2.24) is 4.98 Å². The highest BCUT2D eigenvalue weighted by molar-refractivity contribution is 5.93. The number of fused-ring (bicyclic) bond motifs is 1. The van der Waals surface area contributed by atoms with E-state index in [0.29, 0.717) is 6.42 Å². The van der Waals surface area contributed by atoms with Crippen LogP contribution in [-0.2, 0) is 4.79 Å². The number of aromatic amines is 1. The highest BCUT2D eigenvalue weighted by Gasteiger charge is 2.04. The van der Waals surface area contributed by atoms with Crippen LogP contribution in [0, 0.1) is 0 Å². The zero-order valence-electron chi connectivity index (χ0n) is 10.1. The molecule has 1 aromatic heterocycles. The summed E-state index contributed by atoms with van der Waals surface area (Å²) < 4.78 is 0. The van der Waals surface area contributed by atoms with Gasteiger partial charge < -0.3 is 10.3 Å². The molecule has 0 saturated heterocycles. The van der Waals surface area contributed by atoms with Crippen molar-refractivity contribution in [3.8, 4) is 0 Å². The van der Waals surface area contributed by atoms with Gasteiger partial charge in [-0.3, -0.25) is 4.79 Å². The van der Waals surface area contributed by atoms with Crippen LogP contribution < -0.4 is 5.32 Å². The summed E-state index contributed by atoms with van der Waals surface area (Å²) in [6, 6.07) is 9.96. The minimum atomic E-state index is 0.0880. The van der Waals surface area contributed by atoms with Gasteiger partial charge in [-0.1, -0.05) is 38.0 Å². The number of anilines is 1. The Bertz CT molecular complexity index is 469. The number of aromatic nitrogens is 1. The van der Waals surface area contributed by atoms with Gasteiger partial charge in [-0.15, -0.1) is 0 Å². The Kier molecular flexibility index (Phi) is 3.81. The molecule has 0 aliphatic heterocycles. The van der Waals surface area contributed by atoms with Crippen molar-refractivity contribution in [3.05, 3.63) is 30.3 Å². The van der Waals surface area contributed by atoms with Crippen LogP contribution in [0.15, 0.2) is 30.3 Å². The molecule has 0 bridgehead atoms. The fourth-order valence-electron chi connectivity index (χ4n) is 1.89. The lowest BCUT2D eigenvalue weighted by Gasteiger charge is -2.01. The van der Waals surface area contributed by atoms with E-state index in [4.69, 9.17) is 0 Å². The Morgan fingerprint density at radius 3 is 2.88 bits per heavy atom. The zero-order chi connectivity index (χ0) is 12.1. The maximum absolute atomic E-state index is 11.6. The van der Waals surface area contributed by atoms with Gasteiger partial charge in [0.1, 0.15) is 5.82 Å². The van der Waals surface area contributed by atoms with Crippen LogP contribution in [0.2, 0.25) is 0 Å². The van der Waals surface area contributed by atoms with E-state index in [1.54, 1.807) is 0 Å². The summed E-state index contributed by atoms with van der Waals surface area (Å²) in [6.45, 7) is 2.13.